The standard InChI is InChI=1S/C17H13Cl2N3O2/c18-13-5-4-12(15(19)9-13)10-23-14-6-1-11(2-7-14)3-8-16-21-22-17(20)24-16/h1-9H,10H2,(H2,20,22)/b8-3+. The van der Waals surface area contributed by atoms with E-state index in [2.05, 4.69) is 10.2 Å². The molecule has 0 radical (unpaired) electrons. The lowest BCUT2D eigenvalue weighted by molar-refractivity contribution is 0.306. The van der Waals surface area contributed by atoms with Crippen molar-refractivity contribution in [2.45, 2.75) is 6.61 Å². The van der Waals surface area contributed by atoms with Crippen LogP contribution < -0.4 is 10.5 Å². The van der Waals surface area contributed by atoms with Gasteiger partial charge in [-0.25, -0.2) is 0 Å². The van der Waals surface area contributed by atoms with Crippen LogP contribution in [0.25, 0.3) is 12.2 Å². The summed E-state index contributed by atoms with van der Waals surface area (Å²) in [5, 5.41) is 8.51. The first-order valence-electron chi connectivity index (χ1n) is 7.04. The van der Waals surface area contributed by atoms with E-state index in [-0.39, 0.29) is 6.01 Å². The van der Waals surface area contributed by atoms with Crippen molar-refractivity contribution in [3.05, 3.63) is 69.5 Å². The van der Waals surface area contributed by atoms with Crippen molar-refractivity contribution in [2.24, 2.45) is 0 Å². The van der Waals surface area contributed by atoms with Crippen molar-refractivity contribution in [1.29, 1.82) is 0 Å². The molecule has 0 bridgehead atoms. The topological polar surface area (TPSA) is 74.2 Å². The van der Waals surface area contributed by atoms with E-state index in [1.165, 1.54) is 0 Å². The highest BCUT2D eigenvalue weighted by atomic mass is 35.5. The third-order valence-corrected chi connectivity index (χ3v) is 3.75. The molecule has 5 nitrogen and oxygen atoms in total. The van der Waals surface area contributed by atoms with Crippen LogP contribution in [0.5, 0.6) is 5.75 Å². The van der Waals surface area contributed by atoms with E-state index >= 15 is 0 Å². The third-order valence-electron chi connectivity index (χ3n) is 3.16. The van der Waals surface area contributed by atoms with Gasteiger partial charge in [-0.2, -0.15) is 0 Å². The number of anilines is 1. The molecule has 0 aliphatic rings. The van der Waals surface area contributed by atoms with Crippen LogP contribution in [0, 0.1) is 0 Å². The molecule has 7 heteroatoms. The number of rotatable bonds is 5. The van der Waals surface area contributed by atoms with Crippen LogP contribution in [-0.4, -0.2) is 10.2 Å². The Morgan fingerprint density at radius 3 is 2.50 bits per heavy atom. The van der Waals surface area contributed by atoms with Crippen LogP contribution in [-0.2, 0) is 6.61 Å². The Balaban J connectivity index is 1.61. The fourth-order valence-electron chi connectivity index (χ4n) is 1.96. The molecule has 0 aliphatic carbocycles. The highest BCUT2D eigenvalue weighted by Crippen LogP contribution is 2.23. The minimum Gasteiger partial charge on any atom is -0.489 e. The van der Waals surface area contributed by atoms with E-state index in [4.69, 9.17) is 38.1 Å². The summed E-state index contributed by atoms with van der Waals surface area (Å²) >= 11 is 12.0. The number of hydrogen-bond acceptors (Lipinski definition) is 5. The Labute approximate surface area is 148 Å². The molecule has 0 aliphatic heterocycles. The van der Waals surface area contributed by atoms with E-state index in [9.17, 15) is 0 Å². The minimum absolute atomic E-state index is 0.0410. The summed E-state index contributed by atoms with van der Waals surface area (Å²) in [6, 6.07) is 12.9. The Kier molecular flexibility index (Phi) is 5.03. The van der Waals surface area contributed by atoms with E-state index in [1.54, 1.807) is 18.2 Å². The summed E-state index contributed by atoms with van der Waals surface area (Å²) in [4.78, 5) is 0. The molecule has 24 heavy (non-hydrogen) atoms. The smallest absolute Gasteiger partial charge is 0.313 e. The first-order valence-corrected chi connectivity index (χ1v) is 7.79. The van der Waals surface area contributed by atoms with Crippen molar-refractivity contribution in [1.82, 2.24) is 10.2 Å². The second kappa shape index (κ2) is 7.38. The van der Waals surface area contributed by atoms with Crippen molar-refractivity contribution in [3.63, 3.8) is 0 Å². The quantitative estimate of drug-likeness (QED) is 0.712. The molecule has 0 saturated heterocycles. The summed E-state index contributed by atoms with van der Waals surface area (Å²) in [5.74, 6) is 1.09. The molecule has 2 aromatic carbocycles. The highest BCUT2D eigenvalue weighted by Gasteiger charge is 2.03. The van der Waals surface area contributed by atoms with Crippen LogP contribution in [0.15, 0.2) is 46.9 Å². The van der Waals surface area contributed by atoms with Gasteiger partial charge >= 0.3 is 6.01 Å². The minimum atomic E-state index is 0.0410. The van der Waals surface area contributed by atoms with Crippen LogP contribution in [0.3, 0.4) is 0 Å². The summed E-state index contributed by atoms with van der Waals surface area (Å²) in [7, 11) is 0. The molecule has 0 atom stereocenters. The number of nitrogens with zero attached hydrogens (tertiary/aromatic N) is 2. The van der Waals surface area contributed by atoms with Crippen LogP contribution in [0.2, 0.25) is 10.0 Å². The number of nitrogen functional groups attached to an aromatic ring is 1. The lowest BCUT2D eigenvalue weighted by Gasteiger charge is -2.08. The molecule has 2 N–H and O–H groups in total. The molecule has 122 valence electrons. The lowest BCUT2D eigenvalue weighted by Crippen LogP contribution is -1.96. The van der Waals surface area contributed by atoms with Gasteiger partial charge in [0.25, 0.3) is 0 Å². The molecular weight excluding hydrogens is 349 g/mol. The molecule has 3 aromatic rings. The van der Waals surface area contributed by atoms with Crippen molar-refractivity contribution < 1.29 is 9.15 Å². The zero-order chi connectivity index (χ0) is 16.9. The Morgan fingerprint density at radius 1 is 1.04 bits per heavy atom. The average molecular weight is 362 g/mol. The van der Waals surface area contributed by atoms with Gasteiger partial charge in [-0.1, -0.05) is 46.5 Å². The SMILES string of the molecule is Nc1nnc(/C=C/c2ccc(OCc3ccc(Cl)cc3Cl)cc2)o1. The average Bonchev–Trinajstić information content (AvgIpc) is 2.99. The molecule has 1 aromatic heterocycles. The van der Waals surface area contributed by atoms with Gasteiger partial charge in [0.1, 0.15) is 12.4 Å². The van der Waals surface area contributed by atoms with Crippen molar-refractivity contribution in [3.8, 4) is 5.75 Å². The molecule has 1 heterocycles. The highest BCUT2D eigenvalue weighted by molar-refractivity contribution is 6.35. The Morgan fingerprint density at radius 2 is 1.83 bits per heavy atom. The fraction of sp³-hybridized carbons (Fsp3) is 0.0588. The van der Waals surface area contributed by atoms with Crippen molar-refractivity contribution >= 4 is 41.4 Å². The van der Waals surface area contributed by atoms with E-state index in [0.29, 0.717) is 22.5 Å². The second-order valence-corrected chi connectivity index (χ2v) is 5.75. The Bertz CT molecular complexity index is 861. The van der Waals surface area contributed by atoms with Crippen LogP contribution in [0.1, 0.15) is 17.0 Å². The first-order chi connectivity index (χ1) is 11.6. The molecule has 3 rings (SSSR count). The van der Waals surface area contributed by atoms with Crippen LogP contribution >= 0.6 is 23.2 Å². The van der Waals surface area contributed by atoms with Gasteiger partial charge in [0.15, 0.2) is 0 Å². The zero-order valence-electron chi connectivity index (χ0n) is 12.4. The van der Waals surface area contributed by atoms with Gasteiger partial charge < -0.3 is 14.9 Å². The number of halogens is 2. The fourth-order valence-corrected chi connectivity index (χ4v) is 2.42. The number of nitrogens with two attached hydrogens (primary N) is 1. The normalized spacial score (nSPS) is 11.1. The number of ether oxygens (including phenoxy) is 1. The van der Waals surface area contributed by atoms with Crippen LogP contribution in [0.4, 0.5) is 6.01 Å². The molecule has 0 fully saturated rings. The summed E-state index contributed by atoms with van der Waals surface area (Å²) in [6.07, 6.45) is 3.53. The molecular formula is C17H13Cl2N3O2. The summed E-state index contributed by atoms with van der Waals surface area (Å²) in [5.41, 5.74) is 7.20. The van der Waals surface area contributed by atoms with E-state index in [1.807, 2.05) is 36.4 Å². The van der Waals surface area contributed by atoms with Gasteiger partial charge in [-0.3, -0.25) is 0 Å². The monoisotopic (exact) mass is 361 g/mol. The lowest BCUT2D eigenvalue weighted by atomic mass is 10.2. The number of hydrogen-bond donors (Lipinski definition) is 1. The van der Waals surface area contributed by atoms with Crippen molar-refractivity contribution in [2.75, 3.05) is 5.73 Å². The summed E-state index contributed by atoms with van der Waals surface area (Å²) < 4.78 is 10.8. The van der Waals surface area contributed by atoms with E-state index in [0.717, 1.165) is 16.9 Å². The molecule has 0 spiro atoms. The maximum atomic E-state index is 6.12. The largest absolute Gasteiger partial charge is 0.489 e. The maximum Gasteiger partial charge on any atom is 0.313 e. The van der Waals surface area contributed by atoms with Gasteiger partial charge in [0.05, 0.1) is 0 Å². The zero-order valence-corrected chi connectivity index (χ0v) is 14.0. The Hall–Kier alpha value is -2.50. The maximum absolute atomic E-state index is 6.12. The predicted molar refractivity (Wildman–Crippen MR) is 94.9 cm³/mol. The van der Waals surface area contributed by atoms with Gasteiger partial charge in [-0.15, -0.1) is 5.10 Å². The number of aromatic nitrogens is 2. The predicted octanol–water partition coefficient (Wildman–Crippen LogP) is 4.71. The van der Waals surface area contributed by atoms with E-state index < -0.39 is 0 Å². The van der Waals surface area contributed by atoms with Gasteiger partial charge in [0.2, 0.25) is 5.89 Å². The molecule has 0 amide bonds. The second-order valence-electron chi connectivity index (χ2n) is 4.91. The number of benzene rings is 2. The van der Waals surface area contributed by atoms with Gasteiger partial charge in [0, 0.05) is 21.7 Å². The molecule has 0 saturated carbocycles. The first kappa shape index (κ1) is 16.4. The van der Waals surface area contributed by atoms with Gasteiger partial charge in [-0.05, 0) is 35.9 Å². The summed E-state index contributed by atoms with van der Waals surface area (Å²) in [6.45, 7) is 0.368. The molecule has 0 unspecified atom stereocenters. The third kappa shape index (κ3) is 4.28.